The Morgan fingerprint density at radius 3 is 1.33 bits per heavy atom. The van der Waals surface area contributed by atoms with Crippen molar-refractivity contribution < 1.29 is 40.3 Å². The molecule has 0 saturated heterocycles. The van der Waals surface area contributed by atoms with Crippen LogP contribution in [0.1, 0.15) is 12.8 Å². The number of carboxylic acid groups (broad SMARTS) is 3. The summed E-state index contributed by atoms with van der Waals surface area (Å²) in [5.41, 5.74) is -2.74. The van der Waals surface area contributed by atoms with Crippen LogP contribution in [-0.4, -0.2) is 68.3 Å². The molecule has 9 heteroatoms. The molecule has 0 saturated carbocycles. The predicted octanol–water partition coefficient (Wildman–Crippen LogP) is -2.72. The monoisotopic (exact) mass is 218 g/mol. The van der Waals surface area contributed by atoms with Gasteiger partial charge in [0, 0.05) is 0 Å². The summed E-state index contributed by atoms with van der Waals surface area (Å²) in [7, 11) is 0. The van der Waals surface area contributed by atoms with E-state index in [1.807, 2.05) is 0 Å². The second-order valence-corrected chi connectivity index (χ2v) is 2.48. The quantitative estimate of drug-likeness (QED) is 0.364. The molecule has 0 heterocycles. The van der Waals surface area contributed by atoms with E-state index < -0.39 is 36.4 Å². The molecule has 6 N–H and O–H groups in total. The van der Waals surface area contributed by atoms with Gasteiger partial charge in [-0.1, -0.05) is 0 Å². The number of carbonyl (C=O) groups is 3. The Balaban J connectivity index is -0.000000720. The molecule has 15 heavy (non-hydrogen) atoms. The maximum absolute atomic E-state index is 10.3. The van der Waals surface area contributed by atoms with E-state index in [1.54, 1.807) is 0 Å². The van der Waals surface area contributed by atoms with Gasteiger partial charge in [-0.3, -0.25) is 9.59 Å². The number of hydrogen-bond acceptors (Lipinski definition) is 4. The van der Waals surface area contributed by atoms with Crippen molar-refractivity contribution in [2.24, 2.45) is 0 Å². The van der Waals surface area contributed by atoms with Gasteiger partial charge in [0.05, 0.1) is 12.8 Å². The third kappa shape index (κ3) is 6.93. The number of rotatable bonds is 5. The fraction of sp³-hybridized carbons (Fsp3) is 0.500. The minimum absolute atomic E-state index is 0. The first-order valence-electron chi connectivity index (χ1n) is 3.17. The average molecular weight is 218 g/mol. The van der Waals surface area contributed by atoms with Gasteiger partial charge in [-0.25, -0.2) is 4.79 Å². The van der Waals surface area contributed by atoms with Crippen LogP contribution in [-0.2, 0) is 14.4 Å². The van der Waals surface area contributed by atoms with Crippen molar-refractivity contribution in [3.63, 3.8) is 0 Å². The minimum atomic E-state index is -2.74. The molecular formula is C6H11LiO8. The molecule has 0 aromatic carbocycles. The molecule has 0 aromatic heterocycles. The van der Waals surface area contributed by atoms with E-state index >= 15 is 0 Å². The molecular weight excluding hydrogens is 207 g/mol. The van der Waals surface area contributed by atoms with E-state index in [2.05, 4.69) is 0 Å². The molecule has 0 atom stereocenters. The topological polar surface area (TPSA) is 164 Å². The van der Waals surface area contributed by atoms with Crippen molar-refractivity contribution >= 4 is 36.8 Å². The van der Waals surface area contributed by atoms with E-state index in [9.17, 15) is 14.4 Å². The zero-order valence-corrected chi connectivity index (χ0v) is 6.93. The molecule has 0 fully saturated rings. The first kappa shape index (κ1) is 19.5. The van der Waals surface area contributed by atoms with Crippen LogP contribution < -0.4 is 0 Å². The molecule has 0 aliphatic rings. The summed E-state index contributed by atoms with van der Waals surface area (Å²) < 4.78 is 0. The second-order valence-electron chi connectivity index (χ2n) is 2.48. The average Bonchev–Trinajstić information content (AvgIpc) is 1.82. The molecule has 8 nitrogen and oxygen atoms in total. The summed E-state index contributed by atoms with van der Waals surface area (Å²) in [5.74, 6) is -5.02. The SMILES string of the molecule is O.O=C(O)CC(O)(CC(=O)O)C(=O)O.[LiH]. The third-order valence-corrected chi connectivity index (χ3v) is 1.29. The Morgan fingerprint density at radius 2 is 1.20 bits per heavy atom. The first-order valence-corrected chi connectivity index (χ1v) is 3.17. The Morgan fingerprint density at radius 1 is 0.933 bits per heavy atom. The van der Waals surface area contributed by atoms with Gasteiger partial charge in [-0.05, 0) is 0 Å². The van der Waals surface area contributed by atoms with E-state index in [-0.39, 0.29) is 24.3 Å². The Kier molecular flexibility index (Phi) is 9.42. The van der Waals surface area contributed by atoms with Crippen molar-refractivity contribution in [3.05, 3.63) is 0 Å². The Bertz CT molecular complexity index is 234. The summed E-state index contributed by atoms with van der Waals surface area (Å²) in [6, 6.07) is 0. The molecule has 0 aliphatic heterocycles. The third-order valence-electron chi connectivity index (χ3n) is 1.29. The molecule has 0 spiro atoms. The zero-order valence-electron chi connectivity index (χ0n) is 6.93. The van der Waals surface area contributed by atoms with Gasteiger partial charge in [0.2, 0.25) is 0 Å². The van der Waals surface area contributed by atoms with Gasteiger partial charge < -0.3 is 25.9 Å². The van der Waals surface area contributed by atoms with Crippen LogP contribution in [0, 0.1) is 0 Å². The van der Waals surface area contributed by atoms with Gasteiger partial charge in [0.15, 0.2) is 5.60 Å². The fourth-order valence-electron chi connectivity index (χ4n) is 0.714. The molecule has 0 rings (SSSR count). The van der Waals surface area contributed by atoms with Crippen molar-refractivity contribution in [1.82, 2.24) is 0 Å². The maximum atomic E-state index is 10.3. The van der Waals surface area contributed by atoms with Crippen LogP contribution in [0.3, 0.4) is 0 Å². The Hall–Kier alpha value is -1.07. The molecule has 0 unspecified atom stereocenters. The van der Waals surface area contributed by atoms with Crippen molar-refractivity contribution in [3.8, 4) is 0 Å². The summed E-state index contributed by atoms with van der Waals surface area (Å²) >= 11 is 0. The molecule has 0 aliphatic carbocycles. The van der Waals surface area contributed by atoms with Gasteiger partial charge in [-0.15, -0.1) is 0 Å². The van der Waals surface area contributed by atoms with Gasteiger partial charge in [0.1, 0.15) is 0 Å². The molecule has 0 radical (unpaired) electrons. The van der Waals surface area contributed by atoms with Crippen molar-refractivity contribution in [2.75, 3.05) is 0 Å². The molecule has 84 valence electrons. The fourth-order valence-corrected chi connectivity index (χ4v) is 0.714. The van der Waals surface area contributed by atoms with Gasteiger partial charge >= 0.3 is 36.8 Å². The van der Waals surface area contributed by atoms with Crippen LogP contribution in [0.5, 0.6) is 0 Å². The normalized spacial score (nSPS) is 9.40. The number of hydrogen-bond donors (Lipinski definition) is 4. The van der Waals surface area contributed by atoms with Gasteiger partial charge in [-0.2, -0.15) is 0 Å². The van der Waals surface area contributed by atoms with Crippen LogP contribution in [0.15, 0.2) is 0 Å². The van der Waals surface area contributed by atoms with Crippen LogP contribution >= 0.6 is 0 Å². The number of carboxylic acids is 3. The van der Waals surface area contributed by atoms with E-state index in [4.69, 9.17) is 20.4 Å². The zero-order chi connectivity index (χ0) is 10.6. The van der Waals surface area contributed by atoms with Crippen LogP contribution in [0.4, 0.5) is 0 Å². The van der Waals surface area contributed by atoms with Crippen LogP contribution in [0.25, 0.3) is 0 Å². The molecule has 0 amide bonds. The molecule has 0 bridgehead atoms. The predicted molar refractivity (Wildman–Crippen MR) is 47.9 cm³/mol. The summed E-state index contributed by atoms with van der Waals surface area (Å²) in [4.78, 5) is 30.5. The van der Waals surface area contributed by atoms with Crippen LogP contribution in [0.2, 0.25) is 0 Å². The summed E-state index contributed by atoms with van der Waals surface area (Å²) in [6.07, 6.45) is -2.29. The van der Waals surface area contributed by atoms with E-state index in [0.717, 1.165) is 0 Å². The summed E-state index contributed by atoms with van der Waals surface area (Å²) in [6.45, 7) is 0. The second kappa shape index (κ2) is 7.25. The Labute approximate surface area is 96.0 Å². The number of aliphatic hydroxyl groups is 1. The van der Waals surface area contributed by atoms with E-state index in [0.29, 0.717) is 0 Å². The summed E-state index contributed by atoms with van der Waals surface area (Å²) in [5, 5.41) is 33.8. The van der Waals surface area contributed by atoms with Crippen molar-refractivity contribution in [1.29, 1.82) is 0 Å². The standard InChI is InChI=1S/C6H8O7.Li.H2O.H/c7-3(8)1-6(13,5(11)12)2-4(9)10;;;/h13H,1-2H2,(H,7,8)(H,9,10)(H,11,12);;1H2;. The van der Waals surface area contributed by atoms with Gasteiger partial charge in [0.25, 0.3) is 0 Å². The van der Waals surface area contributed by atoms with E-state index in [1.165, 1.54) is 0 Å². The first-order chi connectivity index (χ1) is 5.78. The van der Waals surface area contributed by atoms with Crippen molar-refractivity contribution in [2.45, 2.75) is 18.4 Å². The number of aliphatic carboxylic acids is 3. The molecule has 0 aromatic rings.